The summed E-state index contributed by atoms with van der Waals surface area (Å²) in [5, 5.41) is 19.6. The number of aliphatic carboxylic acids is 1. The fourth-order valence-electron chi connectivity index (χ4n) is 3.55. The molecule has 2 heterocycles. The Morgan fingerprint density at radius 2 is 2.19 bits per heavy atom. The van der Waals surface area contributed by atoms with E-state index in [1.807, 2.05) is 6.20 Å². The summed E-state index contributed by atoms with van der Waals surface area (Å²) in [7, 11) is 0. The molecule has 6 nitrogen and oxygen atoms in total. The van der Waals surface area contributed by atoms with E-state index in [0.29, 0.717) is 12.5 Å². The first kappa shape index (κ1) is 14.5. The van der Waals surface area contributed by atoms with Crippen LogP contribution in [0.4, 0.5) is 0 Å². The highest BCUT2D eigenvalue weighted by Crippen LogP contribution is 2.33. The molecule has 6 heteroatoms. The second kappa shape index (κ2) is 6.58. The molecule has 0 aromatic carbocycles. The van der Waals surface area contributed by atoms with Gasteiger partial charge in [-0.15, -0.1) is 0 Å². The zero-order chi connectivity index (χ0) is 14.7. The van der Waals surface area contributed by atoms with Crippen molar-refractivity contribution in [2.75, 3.05) is 19.6 Å². The minimum absolute atomic E-state index is 0.455. The number of carboxylic acids is 1. The molecule has 1 aromatic heterocycles. The molecule has 1 aliphatic carbocycles. The molecule has 2 fully saturated rings. The van der Waals surface area contributed by atoms with Gasteiger partial charge < -0.3 is 10.4 Å². The van der Waals surface area contributed by atoms with E-state index in [9.17, 15) is 4.79 Å². The van der Waals surface area contributed by atoms with Crippen LogP contribution in [0.2, 0.25) is 0 Å². The highest BCUT2D eigenvalue weighted by Gasteiger charge is 2.26. The van der Waals surface area contributed by atoms with E-state index >= 15 is 0 Å². The van der Waals surface area contributed by atoms with Crippen molar-refractivity contribution in [2.45, 2.75) is 50.6 Å². The topological polar surface area (TPSA) is 81.2 Å². The SMILES string of the molecule is O=C(O)C1CN(Cc2cn[nH]c2C2CCCCC2)CCN1. The van der Waals surface area contributed by atoms with E-state index in [0.717, 1.165) is 19.6 Å². The molecule has 2 aliphatic rings. The molecule has 1 aliphatic heterocycles. The summed E-state index contributed by atoms with van der Waals surface area (Å²) in [5.41, 5.74) is 2.52. The molecule has 116 valence electrons. The fourth-order valence-corrected chi connectivity index (χ4v) is 3.55. The molecule has 1 atom stereocenters. The van der Waals surface area contributed by atoms with Gasteiger partial charge in [-0.2, -0.15) is 5.10 Å². The summed E-state index contributed by atoms with van der Waals surface area (Å²) < 4.78 is 0. The van der Waals surface area contributed by atoms with Crippen LogP contribution >= 0.6 is 0 Å². The van der Waals surface area contributed by atoms with E-state index < -0.39 is 12.0 Å². The Morgan fingerprint density at radius 3 is 2.95 bits per heavy atom. The van der Waals surface area contributed by atoms with Crippen LogP contribution in [0.25, 0.3) is 0 Å². The zero-order valence-corrected chi connectivity index (χ0v) is 12.3. The van der Waals surface area contributed by atoms with E-state index in [4.69, 9.17) is 5.11 Å². The summed E-state index contributed by atoms with van der Waals surface area (Å²) in [4.78, 5) is 13.3. The van der Waals surface area contributed by atoms with Crippen LogP contribution in [0.3, 0.4) is 0 Å². The molecule has 3 rings (SSSR count). The first-order valence-electron chi connectivity index (χ1n) is 7.94. The average molecular weight is 292 g/mol. The minimum Gasteiger partial charge on any atom is -0.480 e. The van der Waals surface area contributed by atoms with Gasteiger partial charge in [0.1, 0.15) is 6.04 Å². The largest absolute Gasteiger partial charge is 0.480 e. The number of hydrogen-bond donors (Lipinski definition) is 3. The van der Waals surface area contributed by atoms with Gasteiger partial charge in [0.2, 0.25) is 0 Å². The number of aromatic amines is 1. The van der Waals surface area contributed by atoms with Gasteiger partial charge in [-0.05, 0) is 12.8 Å². The third-order valence-corrected chi connectivity index (χ3v) is 4.72. The number of rotatable bonds is 4. The third kappa shape index (κ3) is 3.44. The zero-order valence-electron chi connectivity index (χ0n) is 12.3. The van der Waals surface area contributed by atoms with Crippen LogP contribution in [0.15, 0.2) is 6.20 Å². The van der Waals surface area contributed by atoms with Crippen molar-refractivity contribution >= 4 is 5.97 Å². The molecule has 21 heavy (non-hydrogen) atoms. The molecular formula is C15H24N4O2. The molecule has 1 saturated heterocycles. The van der Waals surface area contributed by atoms with Crippen LogP contribution in [0.1, 0.15) is 49.3 Å². The van der Waals surface area contributed by atoms with Gasteiger partial charge in [0.15, 0.2) is 0 Å². The van der Waals surface area contributed by atoms with Gasteiger partial charge in [-0.3, -0.25) is 14.8 Å². The standard InChI is InChI=1S/C15H24N4O2/c20-15(21)13-10-19(7-6-16-13)9-12-8-17-18-14(12)11-4-2-1-3-5-11/h8,11,13,16H,1-7,9-10H2,(H,17,18)(H,20,21). The lowest BCUT2D eigenvalue weighted by Crippen LogP contribution is -2.53. The van der Waals surface area contributed by atoms with Gasteiger partial charge in [-0.1, -0.05) is 19.3 Å². The van der Waals surface area contributed by atoms with Crippen molar-refractivity contribution in [1.29, 1.82) is 0 Å². The van der Waals surface area contributed by atoms with Crippen LogP contribution in [0, 0.1) is 0 Å². The van der Waals surface area contributed by atoms with Gasteiger partial charge in [0, 0.05) is 43.4 Å². The smallest absolute Gasteiger partial charge is 0.322 e. The quantitative estimate of drug-likeness (QED) is 0.779. The number of piperazine rings is 1. The first-order chi connectivity index (χ1) is 10.2. The summed E-state index contributed by atoms with van der Waals surface area (Å²) in [5.74, 6) is -0.158. The predicted molar refractivity (Wildman–Crippen MR) is 79.1 cm³/mol. The second-order valence-electron chi connectivity index (χ2n) is 6.22. The molecule has 0 amide bonds. The molecule has 0 bridgehead atoms. The minimum atomic E-state index is -0.764. The maximum absolute atomic E-state index is 11.1. The number of carboxylic acid groups (broad SMARTS) is 1. The average Bonchev–Trinajstić information content (AvgIpc) is 2.96. The monoisotopic (exact) mass is 292 g/mol. The Balaban J connectivity index is 1.65. The van der Waals surface area contributed by atoms with Crippen molar-refractivity contribution in [3.05, 3.63) is 17.5 Å². The number of nitrogens with zero attached hydrogens (tertiary/aromatic N) is 2. The van der Waals surface area contributed by atoms with Crippen LogP contribution < -0.4 is 5.32 Å². The highest BCUT2D eigenvalue weighted by atomic mass is 16.4. The van der Waals surface area contributed by atoms with E-state index in [2.05, 4.69) is 20.4 Å². The van der Waals surface area contributed by atoms with Gasteiger partial charge in [-0.25, -0.2) is 0 Å². The lowest BCUT2D eigenvalue weighted by Gasteiger charge is -2.32. The van der Waals surface area contributed by atoms with Crippen molar-refractivity contribution in [1.82, 2.24) is 20.4 Å². The third-order valence-electron chi connectivity index (χ3n) is 4.72. The maximum Gasteiger partial charge on any atom is 0.322 e. The predicted octanol–water partition coefficient (Wildman–Crippen LogP) is 1.32. The van der Waals surface area contributed by atoms with E-state index in [-0.39, 0.29) is 0 Å². The molecule has 1 aromatic rings. The number of nitrogens with one attached hydrogen (secondary N) is 2. The van der Waals surface area contributed by atoms with E-state index in [1.165, 1.54) is 43.4 Å². The molecule has 1 unspecified atom stereocenters. The van der Waals surface area contributed by atoms with Crippen LogP contribution in [-0.4, -0.2) is 51.8 Å². The van der Waals surface area contributed by atoms with Crippen molar-refractivity contribution in [3.8, 4) is 0 Å². The highest BCUT2D eigenvalue weighted by molar-refractivity contribution is 5.73. The maximum atomic E-state index is 11.1. The molecule has 1 saturated carbocycles. The Hall–Kier alpha value is -1.40. The normalized spacial score (nSPS) is 25.0. The number of aromatic nitrogens is 2. The van der Waals surface area contributed by atoms with Crippen molar-refractivity contribution < 1.29 is 9.90 Å². The summed E-state index contributed by atoms with van der Waals surface area (Å²) in [6.07, 6.45) is 8.36. The summed E-state index contributed by atoms with van der Waals surface area (Å²) in [6.45, 7) is 2.98. The Kier molecular flexibility index (Phi) is 4.55. The number of hydrogen-bond acceptors (Lipinski definition) is 4. The lowest BCUT2D eigenvalue weighted by atomic mass is 9.85. The van der Waals surface area contributed by atoms with E-state index in [1.54, 1.807) is 0 Å². The van der Waals surface area contributed by atoms with Crippen LogP contribution in [-0.2, 0) is 11.3 Å². The molecule has 0 spiro atoms. The number of carbonyl (C=O) groups is 1. The second-order valence-corrected chi connectivity index (χ2v) is 6.22. The van der Waals surface area contributed by atoms with Gasteiger partial charge >= 0.3 is 5.97 Å². The van der Waals surface area contributed by atoms with Gasteiger partial charge in [0.25, 0.3) is 0 Å². The number of H-pyrrole nitrogens is 1. The lowest BCUT2D eigenvalue weighted by molar-refractivity contribution is -0.140. The van der Waals surface area contributed by atoms with Gasteiger partial charge in [0.05, 0.1) is 6.20 Å². The fraction of sp³-hybridized carbons (Fsp3) is 0.733. The Bertz CT molecular complexity index is 482. The van der Waals surface area contributed by atoms with Crippen LogP contribution in [0.5, 0.6) is 0 Å². The Labute approximate surface area is 124 Å². The first-order valence-corrected chi connectivity index (χ1v) is 7.94. The molecule has 0 radical (unpaired) electrons. The van der Waals surface area contributed by atoms with Crippen molar-refractivity contribution in [3.63, 3.8) is 0 Å². The molecular weight excluding hydrogens is 268 g/mol. The Morgan fingerprint density at radius 1 is 1.38 bits per heavy atom. The summed E-state index contributed by atoms with van der Waals surface area (Å²) in [6, 6.07) is -0.455. The van der Waals surface area contributed by atoms with Crippen molar-refractivity contribution in [2.24, 2.45) is 0 Å². The molecule has 3 N–H and O–H groups in total. The summed E-state index contributed by atoms with van der Waals surface area (Å²) >= 11 is 0.